The van der Waals surface area contributed by atoms with Crippen LogP contribution in [0.1, 0.15) is 20.3 Å². The third kappa shape index (κ3) is 0.951. The van der Waals surface area contributed by atoms with Gasteiger partial charge >= 0.3 is 0 Å². The lowest BCUT2D eigenvalue weighted by Crippen LogP contribution is -2.33. The van der Waals surface area contributed by atoms with Gasteiger partial charge in [0.25, 0.3) is 0 Å². The number of carbonyl (C=O) groups is 2. The predicted octanol–water partition coefficient (Wildman–Crippen LogP) is 2.09. The zero-order valence-electron chi connectivity index (χ0n) is 10.3. The largest absolute Gasteiger partial charge is 0.299 e. The third-order valence-electron chi connectivity index (χ3n) is 5.87. The molecule has 3 saturated carbocycles. The summed E-state index contributed by atoms with van der Waals surface area (Å²) in [5, 5.41) is 0. The van der Waals surface area contributed by atoms with Crippen molar-refractivity contribution in [3.8, 4) is 0 Å². The van der Waals surface area contributed by atoms with E-state index in [9.17, 15) is 9.59 Å². The molecule has 0 aromatic heterocycles. The average molecular weight is 230 g/mol. The quantitative estimate of drug-likeness (QED) is 0.510. The lowest BCUT2D eigenvalue weighted by molar-refractivity contribution is -0.125. The summed E-state index contributed by atoms with van der Waals surface area (Å²) >= 11 is 0. The summed E-state index contributed by atoms with van der Waals surface area (Å²) in [5.74, 6) is 3.36. The molecule has 4 rings (SSSR count). The standard InChI is InChI=1S/C15H18O2/c1-6(2)9-5-10-11-7-3-4-8(14(7)16)12(11)13(9)15(10)17/h3-4,6-13H,5H2,1-2H3. The highest BCUT2D eigenvalue weighted by molar-refractivity contribution is 5.98. The fourth-order valence-corrected chi connectivity index (χ4v) is 5.27. The Kier molecular flexibility index (Phi) is 1.72. The maximum absolute atomic E-state index is 12.4. The van der Waals surface area contributed by atoms with E-state index >= 15 is 0 Å². The molecule has 7 unspecified atom stereocenters. The topological polar surface area (TPSA) is 34.1 Å². The van der Waals surface area contributed by atoms with Gasteiger partial charge in [-0.3, -0.25) is 9.59 Å². The second-order valence-electron chi connectivity index (χ2n) is 6.67. The Morgan fingerprint density at radius 1 is 1.06 bits per heavy atom. The minimum atomic E-state index is 0.0884. The highest BCUT2D eigenvalue weighted by Gasteiger charge is 2.68. The molecule has 90 valence electrons. The van der Waals surface area contributed by atoms with Gasteiger partial charge in [-0.25, -0.2) is 0 Å². The Morgan fingerprint density at radius 2 is 1.71 bits per heavy atom. The summed E-state index contributed by atoms with van der Waals surface area (Å²) in [6.07, 6.45) is 5.21. The fraction of sp³-hybridized carbons (Fsp3) is 0.733. The Morgan fingerprint density at radius 3 is 2.35 bits per heavy atom. The molecule has 0 heterocycles. The predicted molar refractivity (Wildman–Crippen MR) is 63.0 cm³/mol. The van der Waals surface area contributed by atoms with Crippen LogP contribution >= 0.6 is 0 Å². The molecule has 2 nitrogen and oxygen atoms in total. The van der Waals surface area contributed by atoms with Crippen molar-refractivity contribution in [3.05, 3.63) is 12.2 Å². The molecule has 4 aliphatic rings. The van der Waals surface area contributed by atoms with Crippen LogP contribution in [0.2, 0.25) is 0 Å². The molecule has 17 heavy (non-hydrogen) atoms. The molecule has 0 saturated heterocycles. The summed E-state index contributed by atoms with van der Waals surface area (Å²) in [6, 6.07) is 0. The molecule has 3 fully saturated rings. The minimum Gasteiger partial charge on any atom is -0.299 e. The summed E-state index contributed by atoms with van der Waals surface area (Å²) in [6.45, 7) is 4.44. The van der Waals surface area contributed by atoms with E-state index in [0.717, 1.165) is 6.42 Å². The van der Waals surface area contributed by atoms with E-state index in [-0.39, 0.29) is 23.7 Å². The first-order valence-corrected chi connectivity index (χ1v) is 6.87. The van der Waals surface area contributed by atoms with Crippen LogP contribution in [0.25, 0.3) is 0 Å². The van der Waals surface area contributed by atoms with E-state index in [1.165, 1.54) is 0 Å². The molecular formula is C15H18O2. The molecule has 4 bridgehead atoms. The van der Waals surface area contributed by atoms with Crippen LogP contribution in [0.4, 0.5) is 0 Å². The van der Waals surface area contributed by atoms with E-state index < -0.39 is 0 Å². The molecular weight excluding hydrogens is 212 g/mol. The molecule has 0 amide bonds. The van der Waals surface area contributed by atoms with Crippen LogP contribution in [-0.4, -0.2) is 11.6 Å². The highest BCUT2D eigenvalue weighted by Crippen LogP contribution is 2.65. The lowest BCUT2D eigenvalue weighted by Gasteiger charge is -2.35. The van der Waals surface area contributed by atoms with Crippen LogP contribution in [0, 0.1) is 47.3 Å². The van der Waals surface area contributed by atoms with Gasteiger partial charge in [0.15, 0.2) is 0 Å². The van der Waals surface area contributed by atoms with E-state index in [1.807, 2.05) is 0 Å². The van der Waals surface area contributed by atoms with Gasteiger partial charge < -0.3 is 0 Å². The molecule has 0 spiro atoms. The number of rotatable bonds is 1. The van der Waals surface area contributed by atoms with Gasteiger partial charge in [-0.1, -0.05) is 26.0 Å². The molecule has 0 aromatic rings. The van der Waals surface area contributed by atoms with Gasteiger partial charge in [0.05, 0.1) is 0 Å². The van der Waals surface area contributed by atoms with E-state index in [2.05, 4.69) is 26.0 Å². The number of fused-ring (bicyclic) bond motifs is 9. The Hall–Kier alpha value is -0.920. The van der Waals surface area contributed by atoms with Crippen LogP contribution in [0.15, 0.2) is 12.2 Å². The molecule has 4 aliphatic carbocycles. The second-order valence-corrected chi connectivity index (χ2v) is 6.67. The number of hydrogen-bond donors (Lipinski definition) is 0. The van der Waals surface area contributed by atoms with Gasteiger partial charge in [-0.05, 0) is 30.1 Å². The lowest BCUT2D eigenvalue weighted by atomic mass is 9.67. The van der Waals surface area contributed by atoms with E-state index in [0.29, 0.717) is 35.2 Å². The van der Waals surface area contributed by atoms with Crippen molar-refractivity contribution in [3.63, 3.8) is 0 Å². The summed E-state index contributed by atoms with van der Waals surface area (Å²) < 4.78 is 0. The van der Waals surface area contributed by atoms with Crippen LogP contribution in [0.5, 0.6) is 0 Å². The second kappa shape index (κ2) is 2.90. The van der Waals surface area contributed by atoms with Gasteiger partial charge in [0.1, 0.15) is 11.6 Å². The number of ketones is 2. The Labute approximate surface area is 101 Å². The van der Waals surface area contributed by atoms with Crippen molar-refractivity contribution in [2.75, 3.05) is 0 Å². The zero-order chi connectivity index (χ0) is 11.9. The SMILES string of the molecule is CC(C)C1CC2C(=O)C1C1C3C=CC(C3=O)C21. The number of hydrogen-bond acceptors (Lipinski definition) is 2. The number of Topliss-reactive ketones (excluding diaryl/α,β-unsaturated/α-hetero) is 2. The monoisotopic (exact) mass is 230 g/mol. The molecule has 0 N–H and O–H groups in total. The first kappa shape index (κ1) is 10.0. The maximum Gasteiger partial charge on any atom is 0.147 e. The van der Waals surface area contributed by atoms with E-state index in [4.69, 9.17) is 0 Å². The first-order chi connectivity index (χ1) is 8.11. The molecule has 2 heteroatoms. The Bertz CT molecular complexity index is 448. The summed E-state index contributed by atoms with van der Waals surface area (Å²) in [4.78, 5) is 24.5. The summed E-state index contributed by atoms with van der Waals surface area (Å²) in [5.41, 5.74) is 0. The van der Waals surface area contributed by atoms with Gasteiger partial charge in [-0.2, -0.15) is 0 Å². The first-order valence-electron chi connectivity index (χ1n) is 6.87. The van der Waals surface area contributed by atoms with Gasteiger partial charge in [0.2, 0.25) is 0 Å². The third-order valence-corrected chi connectivity index (χ3v) is 5.87. The van der Waals surface area contributed by atoms with E-state index in [1.54, 1.807) is 0 Å². The molecule has 7 atom stereocenters. The average Bonchev–Trinajstić information content (AvgIpc) is 2.97. The normalized spacial score (nSPS) is 54.2. The smallest absolute Gasteiger partial charge is 0.147 e. The van der Waals surface area contributed by atoms with Crippen molar-refractivity contribution < 1.29 is 9.59 Å². The number of allylic oxidation sites excluding steroid dienone is 2. The molecule has 0 radical (unpaired) electrons. The molecule has 0 aromatic carbocycles. The fourth-order valence-electron chi connectivity index (χ4n) is 5.27. The number of carbonyl (C=O) groups excluding carboxylic acids is 2. The molecule has 0 aliphatic heterocycles. The summed E-state index contributed by atoms with van der Waals surface area (Å²) in [7, 11) is 0. The van der Waals surface area contributed by atoms with Crippen molar-refractivity contribution in [2.45, 2.75) is 20.3 Å². The Balaban J connectivity index is 1.78. The van der Waals surface area contributed by atoms with Crippen LogP contribution < -0.4 is 0 Å². The van der Waals surface area contributed by atoms with Crippen molar-refractivity contribution in [2.24, 2.45) is 47.3 Å². The van der Waals surface area contributed by atoms with Crippen LogP contribution in [-0.2, 0) is 9.59 Å². The van der Waals surface area contributed by atoms with Crippen molar-refractivity contribution in [1.29, 1.82) is 0 Å². The highest BCUT2D eigenvalue weighted by atomic mass is 16.1. The van der Waals surface area contributed by atoms with Gasteiger partial charge in [-0.15, -0.1) is 0 Å². The van der Waals surface area contributed by atoms with Crippen molar-refractivity contribution >= 4 is 11.6 Å². The minimum absolute atomic E-state index is 0.0884. The zero-order valence-corrected chi connectivity index (χ0v) is 10.3. The van der Waals surface area contributed by atoms with Crippen LogP contribution in [0.3, 0.4) is 0 Å². The van der Waals surface area contributed by atoms with Gasteiger partial charge in [0, 0.05) is 23.7 Å². The maximum atomic E-state index is 12.4. The van der Waals surface area contributed by atoms with Crippen molar-refractivity contribution in [1.82, 2.24) is 0 Å².